The first-order chi connectivity index (χ1) is 8.19. The highest BCUT2D eigenvalue weighted by molar-refractivity contribution is 5.98. The predicted octanol–water partition coefficient (Wildman–Crippen LogP) is 2.22. The van der Waals surface area contributed by atoms with Crippen molar-refractivity contribution in [1.29, 1.82) is 0 Å². The molecule has 0 aliphatic carbocycles. The van der Waals surface area contributed by atoms with E-state index >= 15 is 0 Å². The molecule has 1 rings (SSSR count). The number of ketones is 1. The van der Waals surface area contributed by atoms with Crippen LogP contribution in [0.5, 0.6) is 5.75 Å². The standard InChI is InChI=1S/C13H16O4/c1-3-11(14)10-6-4-5-7-12(10)17-9-8-13(15)16-2/h4-7H,3,8-9H2,1-2H3. The minimum absolute atomic E-state index is 0.0265. The normalized spacial score (nSPS) is 9.76. The van der Waals surface area contributed by atoms with E-state index < -0.39 is 0 Å². The number of carbonyl (C=O) groups is 2. The van der Waals surface area contributed by atoms with Crippen molar-refractivity contribution in [3.63, 3.8) is 0 Å². The highest BCUT2D eigenvalue weighted by Crippen LogP contribution is 2.19. The summed E-state index contributed by atoms with van der Waals surface area (Å²) in [5.74, 6) is 0.214. The van der Waals surface area contributed by atoms with Crippen LogP contribution in [-0.4, -0.2) is 25.5 Å². The lowest BCUT2D eigenvalue weighted by Crippen LogP contribution is -2.09. The second-order valence-corrected chi connectivity index (χ2v) is 3.45. The molecule has 92 valence electrons. The molecule has 4 nitrogen and oxygen atoms in total. The van der Waals surface area contributed by atoms with Crippen molar-refractivity contribution in [3.05, 3.63) is 29.8 Å². The molecule has 0 bridgehead atoms. The van der Waals surface area contributed by atoms with Gasteiger partial charge in [0.1, 0.15) is 5.75 Å². The summed E-state index contributed by atoms with van der Waals surface area (Å²) in [4.78, 5) is 22.5. The van der Waals surface area contributed by atoms with Crippen LogP contribution < -0.4 is 4.74 Å². The molecule has 0 aliphatic heterocycles. The summed E-state index contributed by atoms with van der Waals surface area (Å²) in [6.45, 7) is 2.01. The number of rotatable bonds is 6. The van der Waals surface area contributed by atoms with Crippen LogP contribution in [0.4, 0.5) is 0 Å². The SMILES string of the molecule is CCC(=O)c1ccccc1OCCC(=O)OC. The summed E-state index contributed by atoms with van der Waals surface area (Å²) in [6, 6.07) is 7.02. The van der Waals surface area contributed by atoms with Crippen LogP contribution >= 0.6 is 0 Å². The van der Waals surface area contributed by atoms with E-state index in [1.165, 1.54) is 7.11 Å². The Bertz CT molecular complexity index is 398. The zero-order valence-corrected chi connectivity index (χ0v) is 10.1. The van der Waals surface area contributed by atoms with Crippen molar-refractivity contribution in [1.82, 2.24) is 0 Å². The fourth-order valence-corrected chi connectivity index (χ4v) is 1.36. The van der Waals surface area contributed by atoms with Crippen molar-refractivity contribution < 1.29 is 19.1 Å². The quantitative estimate of drug-likeness (QED) is 0.561. The van der Waals surface area contributed by atoms with E-state index in [-0.39, 0.29) is 24.8 Å². The Hall–Kier alpha value is -1.84. The predicted molar refractivity (Wildman–Crippen MR) is 63.2 cm³/mol. The van der Waals surface area contributed by atoms with Gasteiger partial charge in [0.25, 0.3) is 0 Å². The molecule has 17 heavy (non-hydrogen) atoms. The largest absolute Gasteiger partial charge is 0.492 e. The number of esters is 1. The average Bonchev–Trinajstić information content (AvgIpc) is 2.38. The molecule has 0 aromatic heterocycles. The molecule has 1 aromatic rings. The first-order valence-corrected chi connectivity index (χ1v) is 5.50. The van der Waals surface area contributed by atoms with Gasteiger partial charge in [-0.1, -0.05) is 19.1 Å². The summed E-state index contributed by atoms with van der Waals surface area (Å²) in [7, 11) is 1.33. The lowest BCUT2D eigenvalue weighted by atomic mass is 10.1. The maximum absolute atomic E-state index is 11.6. The Morgan fingerprint density at radius 1 is 1.24 bits per heavy atom. The first-order valence-electron chi connectivity index (χ1n) is 5.50. The third kappa shape index (κ3) is 3.90. The van der Waals surface area contributed by atoms with E-state index in [2.05, 4.69) is 4.74 Å². The molecule has 0 saturated heterocycles. The number of methoxy groups -OCH3 is 1. The fourth-order valence-electron chi connectivity index (χ4n) is 1.36. The number of Topliss-reactive ketones (excluding diaryl/α,β-unsaturated/α-hetero) is 1. The van der Waals surface area contributed by atoms with Crippen molar-refractivity contribution in [2.75, 3.05) is 13.7 Å². The summed E-state index contributed by atoms with van der Waals surface area (Å²) >= 11 is 0. The summed E-state index contributed by atoms with van der Waals surface area (Å²) in [6.07, 6.45) is 0.600. The number of carbonyl (C=O) groups excluding carboxylic acids is 2. The van der Waals surface area contributed by atoms with E-state index in [1.54, 1.807) is 31.2 Å². The zero-order chi connectivity index (χ0) is 12.7. The maximum Gasteiger partial charge on any atom is 0.308 e. The molecule has 0 unspecified atom stereocenters. The topological polar surface area (TPSA) is 52.6 Å². The minimum Gasteiger partial charge on any atom is -0.492 e. The Labute approximate surface area is 101 Å². The number of hydrogen-bond acceptors (Lipinski definition) is 4. The lowest BCUT2D eigenvalue weighted by molar-refractivity contribution is -0.141. The van der Waals surface area contributed by atoms with E-state index in [9.17, 15) is 9.59 Å². The van der Waals surface area contributed by atoms with Gasteiger partial charge < -0.3 is 9.47 Å². The van der Waals surface area contributed by atoms with Crippen molar-refractivity contribution in [2.45, 2.75) is 19.8 Å². The Kier molecular flexibility index (Phi) is 5.20. The van der Waals surface area contributed by atoms with Gasteiger partial charge in [-0.3, -0.25) is 9.59 Å². The molecule has 4 heteroatoms. The molecular formula is C13H16O4. The second kappa shape index (κ2) is 6.68. The smallest absolute Gasteiger partial charge is 0.308 e. The lowest BCUT2D eigenvalue weighted by Gasteiger charge is -2.09. The van der Waals surface area contributed by atoms with Gasteiger partial charge in [-0.2, -0.15) is 0 Å². The highest BCUT2D eigenvalue weighted by atomic mass is 16.5. The van der Waals surface area contributed by atoms with E-state index in [4.69, 9.17) is 4.74 Å². The Morgan fingerprint density at radius 3 is 2.59 bits per heavy atom. The molecule has 1 aromatic carbocycles. The van der Waals surface area contributed by atoms with Gasteiger partial charge in [0.05, 0.1) is 25.7 Å². The van der Waals surface area contributed by atoms with Gasteiger partial charge in [0.15, 0.2) is 5.78 Å². The zero-order valence-electron chi connectivity index (χ0n) is 10.1. The Balaban J connectivity index is 2.64. The molecule has 0 N–H and O–H groups in total. The summed E-state index contributed by atoms with van der Waals surface area (Å²) in [5, 5.41) is 0. The van der Waals surface area contributed by atoms with Gasteiger partial charge in [-0.25, -0.2) is 0 Å². The molecule has 0 fully saturated rings. The van der Waals surface area contributed by atoms with Crippen LogP contribution in [0.25, 0.3) is 0 Å². The third-order valence-corrected chi connectivity index (χ3v) is 2.30. The minimum atomic E-state index is -0.329. The first kappa shape index (κ1) is 13.2. The number of ether oxygens (including phenoxy) is 2. The maximum atomic E-state index is 11.6. The molecular weight excluding hydrogens is 220 g/mol. The van der Waals surface area contributed by atoms with Gasteiger partial charge in [0, 0.05) is 6.42 Å². The molecule has 0 amide bonds. The van der Waals surface area contributed by atoms with Crippen molar-refractivity contribution in [2.24, 2.45) is 0 Å². The molecule has 0 heterocycles. The highest BCUT2D eigenvalue weighted by Gasteiger charge is 2.10. The van der Waals surface area contributed by atoms with E-state index in [0.29, 0.717) is 17.7 Å². The van der Waals surface area contributed by atoms with Crippen molar-refractivity contribution in [3.8, 4) is 5.75 Å². The van der Waals surface area contributed by atoms with Gasteiger partial charge in [0.2, 0.25) is 0 Å². The Morgan fingerprint density at radius 2 is 1.94 bits per heavy atom. The third-order valence-electron chi connectivity index (χ3n) is 2.30. The van der Waals surface area contributed by atoms with Crippen LogP contribution in [0.1, 0.15) is 30.1 Å². The monoisotopic (exact) mass is 236 g/mol. The van der Waals surface area contributed by atoms with Gasteiger partial charge >= 0.3 is 5.97 Å². The van der Waals surface area contributed by atoms with Crippen LogP contribution in [-0.2, 0) is 9.53 Å². The van der Waals surface area contributed by atoms with E-state index in [1.807, 2.05) is 0 Å². The fraction of sp³-hybridized carbons (Fsp3) is 0.385. The molecule has 0 saturated carbocycles. The van der Waals surface area contributed by atoms with E-state index in [0.717, 1.165) is 0 Å². The van der Waals surface area contributed by atoms with Crippen LogP contribution in [0.2, 0.25) is 0 Å². The van der Waals surface area contributed by atoms with Crippen LogP contribution in [0.3, 0.4) is 0 Å². The average molecular weight is 236 g/mol. The summed E-state index contributed by atoms with van der Waals surface area (Å²) < 4.78 is 9.91. The summed E-state index contributed by atoms with van der Waals surface area (Å²) in [5.41, 5.74) is 0.555. The van der Waals surface area contributed by atoms with Gasteiger partial charge in [-0.05, 0) is 12.1 Å². The second-order valence-electron chi connectivity index (χ2n) is 3.45. The van der Waals surface area contributed by atoms with Crippen LogP contribution in [0.15, 0.2) is 24.3 Å². The van der Waals surface area contributed by atoms with Crippen molar-refractivity contribution >= 4 is 11.8 Å². The molecule has 0 spiro atoms. The molecule has 0 atom stereocenters. The number of benzene rings is 1. The number of para-hydroxylation sites is 1. The molecule has 0 radical (unpaired) electrons. The number of hydrogen-bond donors (Lipinski definition) is 0. The van der Waals surface area contributed by atoms with Crippen LogP contribution in [0, 0.1) is 0 Å². The van der Waals surface area contributed by atoms with Gasteiger partial charge in [-0.15, -0.1) is 0 Å². The molecule has 0 aliphatic rings.